The van der Waals surface area contributed by atoms with Crippen LogP contribution in [-0.2, 0) is 18.9 Å². The third-order valence-corrected chi connectivity index (χ3v) is 9.87. The van der Waals surface area contributed by atoms with Crippen LogP contribution in [0.4, 0.5) is 0 Å². The van der Waals surface area contributed by atoms with Crippen LogP contribution >= 0.6 is 0 Å². The average Bonchev–Trinajstić information content (AvgIpc) is 2.97. The summed E-state index contributed by atoms with van der Waals surface area (Å²) in [5, 5.41) is 113. The Labute approximate surface area is 248 Å². The maximum atomic E-state index is 10.7. The van der Waals surface area contributed by atoms with Crippen molar-refractivity contribution in [2.24, 2.45) is 11.8 Å². The molecule has 0 amide bonds. The summed E-state index contributed by atoms with van der Waals surface area (Å²) in [6.45, 7) is 0.866. The number of hydrogen-bond donors (Lipinski definition) is 11. The lowest BCUT2D eigenvalue weighted by Crippen LogP contribution is -2.64. The lowest BCUT2D eigenvalue weighted by molar-refractivity contribution is -0.366. The molecule has 8 unspecified atom stereocenters. The maximum Gasteiger partial charge on any atom is 0.187 e. The van der Waals surface area contributed by atoms with Crippen LogP contribution in [0.1, 0.15) is 39.0 Å². The van der Waals surface area contributed by atoms with Crippen molar-refractivity contribution in [2.75, 3.05) is 6.61 Å². The Balaban J connectivity index is 1.39. The molecule has 0 spiro atoms. The van der Waals surface area contributed by atoms with Crippen LogP contribution in [0.15, 0.2) is 0 Å². The normalized spacial score (nSPS) is 56.4. The van der Waals surface area contributed by atoms with Gasteiger partial charge in [-0.3, -0.25) is 0 Å². The number of fused-ring (bicyclic) bond motifs is 1. The van der Waals surface area contributed by atoms with Crippen molar-refractivity contribution < 1.29 is 79.9 Å². The van der Waals surface area contributed by atoms with Crippen molar-refractivity contribution in [3.8, 4) is 0 Å². The first-order valence-corrected chi connectivity index (χ1v) is 15.0. The first-order valence-electron chi connectivity index (χ1n) is 15.0. The Hall–Kier alpha value is -0.640. The minimum Gasteiger partial charge on any atom is -0.427 e. The zero-order valence-electron chi connectivity index (χ0n) is 23.8. The number of rotatable bonds is 6. The topological polar surface area (TPSA) is 272 Å². The van der Waals surface area contributed by atoms with E-state index in [1.54, 1.807) is 0 Å². The zero-order chi connectivity index (χ0) is 31.3. The lowest BCUT2D eigenvalue weighted by atomic mass is 9.72. The minimum absolute atomic E-state index is 0.0861. The van der Waals surface area contributed by atoms with Crippen LogP contribution in [-0.4, -0.2) is 178 Å². The van der Waals surface area contributed by atoms with Crippen LogP contribution < -0.4 is 0 Å². The molecule has 250 valence electrons. The quantitative estimate of drug-likeness (QED) is 0.123. The molecular formula is C27H47O16+. The molecule has 0 aromatic heterocycles. The van der Waals surface area contributed by atoms with E-state index in [1.165, 1.54) is 6.92 Å². The van der Waals surface area contributed by atoms with Crippen LogP contribution in [0.2, 0.25) is 0 Å². The largest absolute Gasteiger partial charge is 0.427 e. The van der Waals surface area contributed by atoms with Gasteiger partial charge in [0.15, 0.2) is 24.8 Å². The van der Waals surface area contributed by atoms with Crippen molar-refractivity contribution in [1.29, 1.82) is 0 Å². The third-order valence-electron chi connectivity index (χ3n) is 9.87. The van der Waals surface area contributed by atoms with Gasteiger partial charge < -0.3 is 79.9 Å². The Kier molecular flexibility index (Phi) is 10.7. The van der Waals surface area contributed by atoms with E-state index >= 15 is 0 Å². The predicted octanol–water partition coefficient (Wildman–Crippen LogP) is -5.68. The van der Waals surface area contributed by atoms with Crippen LogP contribution in [0.25, 0.3) is 0 Å². The van der Waals surface area contributed by atoms with E-state index < -0.39 is 129 Å². The Morgan fingerprint density at radius 3 is 1.84 bits per heavy atom. The highest BCUT2D eigenvalue weighted by Crippen LogP contribution is 2.43. The predicted molar refractivity (Wildman–Crippen MR) is 140 cm³/mol. The molecule has 2 saturated carbocycles. The molecule has 16 heteroatoms. The summed E-state index contributed by atoms with van der Waals surface area (Å²) < 4.78 is 28.5. The molecule has 16 nitrogen and oxygen atoms in total. The van der Waals surface area contributed by atoms with Crippen molar-refractivity contribution >= 4 is 0 Å². The van der Waals surface area contributed by atoms with Gasteiger partial charge >= 0.3 is 0 Å². The maximum absolute atomic E-state index is 10.7. The second-order valence-electron chi connectivity index (χ2n) is 12.8. The van der Waals surface area contributed by atoms with Gasteiger partial charge in [0.05, 0.1) is 43.0 Å². The molecule has 0 bridgehead atoms. The molecule has 5 fully saturated rings. The highest BCUT2D eigenvalue weighted by molar-refractivity contribution is 5.00. The van der Waals surface area contributed by atoms with Gasteiger partial charge in [0.25, 0.3) is 0 Å². The number of aliphatic hydroxyl groups is 13. The second-order valence-corrected chi connectivity index (χ2v) is 12.8. The summed E-state index contributed by atoms with van der Waals surface area (Å²) in [5.41, 5.74) is 0. The van der Waals surface area contributed by atoms with Gasteiger partial charge in [0.1, 0.15) is 54.9 Å². The van der Waals surface area contributed by atoms with Crippen molar-refractivity contribution in [1.82, 2.24) is 0 Å². The van der Waals surface area contributed by atoms with Crippen LogP contribution in [0.5, 0.6) is 0 Å². The van der Waals surface area contributed by atoms with E-state index in [-0.39, 0.29) is 32.1 Å². The van der Waals surface area contributed by atoms with E-state index in [4.69, 9.17) is 23.7 Å². The van der Waals surface area contributed by atoms with Crippen LogP contribution in [0, 0.1) is 11.8 Å². The molecule has 43 heavy (non-hydrogen) atoms. The minimum atomic E-state index is -1.66. The summed E-state index contributed by atoms with van der Waals surface area (Å²) in [5.74, 6) is -0.938. The first-order chi connectivity index (χ1) is 20.3. The Bertz CT molecular complexity index is 900. The van der Waals surface area contributed by atoms with Gasteiger partial charge in [0, 0.05) is 18.8 Å². The highest BCUT2D eigenvalue weighted by Gasteiger charge is 2.57. The summed E-state index contributed by atoms with van der Waals surface area (Å²) in [7, 11) is 0. The lowest BCUT2D eigenvalue weighted by Gasteiger charge is -2.50. The molecule has 2 aliphatic carbocycles. The van der Waals surface area contributed by atoms with Crippen molar-refractivity contribution in [2.45, 2.75) is 149 Å². The van der Waals surface area contributed by atoms with E-state index in [9.17, 15) is 56.2 Å². The van der Waals surface area contributed by atoms with E-state index in [1.807, 2.05) is 0 Å². The first kappa shape index (κ1) is 33.7. The standard InChI is InChI=1S/C27H46O16/c1-8-18(32)21(35)23(37)26(39-8)42-16-6-11-14(40-25(16)9-2-12(30)19(33)13(31)3-9)4-10(29)5-15(11)41-27-24(38)22(36)20(34)17(7-28)43-27/h8-38H,2-7H2,1H3/p+1/t8-,9?,10?,11?,12?,13?,14?,15?,16?,17+,18-,19?,20+,21+,22-,23+,24+,25?,26-,27+/m0/s1. The van der Waals surface area contributed by atoms with Gasteiger partial charge in [-0.15, -0.1) is 0 Å². The molecule has 0 aromatic carbocycles. The molecule has 3 aliphatic heterocycles. The summed E-state index contributed by atoms with van der Waals surface area (Å²) in [6.07, 6.45) is -21.1. The monoisotopic (exact) mass is 627 g/mol. The summed E-state index contributed by atoms with van der Waals surface area (Å²) in [6, 6.07) is 0. The van der Waals surface area contributed by atoms with Gasteiger partial charge in [-0.05, 0) is 26.2 Å². The summed E-state index contributed by atoms with van der Waals surface area (Å²) >= 11 is 0. The van der Waals surface area contributed by atoms with Crippen LogP contribution in [0.3, 0.4) is 0 Å². The van der Waals surface area contributed by atoms with Gasteiger partial charge in [-0.2, -0.15) is 0 Å². The SMILES string of the molecule is C[C@@H]1O[C@@H](OC2CC3C(O[C@@H]4O[C@H](CO)[C@@H](O)[C@H](O)[C@H]4O)CC(O)CC3[OH+]C2C2CC(O)C(O)C(O)C2)[C@H](O)[C@H](O)[C@H]1O. The van der Waals surface area contributed by atoms with Gasteiger partial charge in [0.2, 0.25) is 0 Å². The molecule has 5 rings (SSSR count). The average molecular weight is 628 g/mol. The molecule has 12 N–H and O–H groups in total. The van der Waals surface area contributed by atoms with Gasteiger partial charge in [-0.1, -0.05) is 0 Å². The molecule has 3 saturated heterocycles. The number of ether oxygens (including phenoxy) is 5. The second kappa shape index (κ2) is 13.6. The van der Waals surface area contributed by atoms with Gasteiger partial charge in [-0.25, -0.2) is 0 Å². The molecule has 0 radical (unpaired) electrons. The molecule has 0 aromatic rings. The van der Waals surface area contributed by atoms with Crippen molar-refractivity contribution in [3.63, 3.8) is 0 Å². The number of hydrogen-bond acceptors (Lipinski definition) is 15. The molecular weight excluding hydrogens is 580 g/mol. The Morgan fingerprint density at radius 2 is 1.21 bits per heavy atom. The molecule has 18 atom stereocenters. The fraction of sp³-hybridized carbons (Fsp3) is 1.00. The zero-order valence-corrected chi connectivity index (χ0v) is 23.8. The molecule has 3 heterocycles. The smallest absolute Gasteiger partial charge is 0.187 e. The van der Waals surface area contributed by atoms with E-state index in [0.29, 0.717) is 0 Å². The third kappa shape index (κ3) is 6.76. The van der Waals surface area contributed by atoms with E-state index in [2.05, 4.69) is 0 Å². The summed E-state index contributed by atoms with van der Waals surface area (Å²) in [4.78, 5) is 0. The Morgan fingerprint density at radius 1 is 0.628 bits per heavy atom. The fourth-order valence-corrected chi connectivity index (χ4v) is 7.34. The fourth-order valence-electron chi connectivity index (χ4n) is 7.34. The number of aliphatic hydroxyl groups excluding tert-OH is 11. The molecule has 5 aliphatic rings. The highest BCUT2D eigenvalue weighted by atomic mass is 16.7. The van der Waals surface area contributed by atoms with E-state index in [0.717, 1.165) is 0 Å². The van der Waals surface area contributed by atoms with Crippen molar-refractivity contribution in [3.05, 3.63) is 0 Å².